The third kappa shape index (κ3) is 2.99. The number of carbonyl (C=O) groups excluding carboxylic acids is 2. The van der Waals surface area contributed by atoms with E-state index in [9.17, 15) is 19.8 Å². The zero-order valence-electron chi connectivity index (χ0n) is 16.4. The molecule has 2 N–H and O–H groups in total. The summed E-state index contributed by atoms with van der Waals surface area (Å²) in [4.78, 5) is 28.9. The molecule has 0 bridgehead atoms. The Balaban J connectivity index is 0.00000218. The Kier molecular flexibility index (Phi) is 5.30. The van der Waals surface area contributed by atoms with Crippen LogP contribution in [0, 0.1) is 0 Å². The van der Waals surface area contributed by atoms with Gasteiger partial charge in [0.05, 0.1) is 16.7 Å². The Labute approximate surface area is 180 Å². The van der Waals surface area contributed by atoms with Gasteiger partial charge in [-0.2, -0.15) is 0 Å². The highest BCUT2D eigenvalue weighted by molar-refractivity contribution is 6.32. The zero-order valence-corrected chi connectivity index (χ0v) is 17.2. The second-order valence-electron chi connectivity index (χ2n) is 7.82. The summed E-state index contributed by atoms with van der Waals surface area (Å²) in [5.74, 6) is -1.35. The van der Waals surface area contributed by atoms with Crippen molar-refractivity contribution in [2.45, 2.75) is 25.8 Å². The van der Waals surface area contributed by atoms with Gasteiger partial charge < -0.3 is 19.7 Å². The Bertz CT molecular complexity index is 1160. The second-order valence-corrected chi connectivity index (χ2v) is 7.82. The van der Waals surface area contributed by atoms with Crippen molar-refractivity contribution >= 4 is 34.7 Å². The molecule has 2 heterocycles. The van der Waals surface area contributed by atoms with Crippen molar-refractivity contribution in [2.24, 2.45) is 0 Å². The van der Waals surface area contributed by atoms with Gasteiger partial charge in [-0.15, -0.1) is 12.4 Å². The van der Waals surface area contributed by atoms with Crippen LogP contribution < -0.4 is 0 Å². The number of carbonyl (C=O) groups is 2. The van der Waals surface area contributed by atoms with Crippen LogP contribution in [0.4, 0.5) is 0 Å². The fourth-order valence-electron chi connectivity index (χ4n) is 4.62. The molecule has 1 saturated heterocycles. The molecule has 0 spiro atoms. The van der Waals surface area contributed by atoms with E-state index in [0.717, 1.165) is 19.6 Å². The number of benzene rings is 2. The van der Waals surface area contributed by atoms with Crippen molar-refractivity contribution < 1.29 is 19.8 Å². The highest BCUT2D eigenvalue weighted by atomic mass is 35.5. The van der Waals surface area contributed by atoms with Gasteiger partial charge in [0.25, 0.3) is 0 Å². The number of fused-ring (bicyclic) bond motifs is 3. The number of ketones is 2. The summed E-state index contributed by atoms with van der Waals surface area (Å²) in [6, 6.07) is 8.33. The maximum Gasteiger partial charge on any atom is 0.214 e. The third-order valence-electron chi connectivity index (χ3n) is 6.14. The van der Waals surface area contributed by atoms with Crippen LogP contribution in [0.1, 0.15) is 51.2 Å². The number of aromatic nitrogens is 1. The summed E-state index contributed by atoms with van der Waals surface area (Å²) in [6.07, 6.45) is 5.39. The van der Waals surface area contributed by atoms with Crippen LogP contribution in [0.3, 0.4) is 0 Å². The first kappa shape index (κ1) is 20.4. The van der Waals surface area contributed by atoms with E-state index in [-0.39, 0.29) is 40.6 Å². The molecule has 30 heavy (non-hydrogen) atoms. The largest absolute Gasteiger partial charge is 0.506 e. The monoisotopic (exact) mass is 426 g/mol. The number of rotatable bonds is 3. The van der Waals surface area contributed by atoms with Gasteiger partial charge in [-0.25, -0.2) is 0 Å². The molecule has 1 aliphatic carbocycles. The summed E-state index contributed by atoms with van der Waals surface area (Å²) in [6.45, 7) is 3.52. The second kappa shape index (κ2) is 7.78. The molecule has 0 unspecified atom stereocenters. The SMILES string of the molecule is Cl.O=C1c2ccn(CCN3CCCCC3)c2C(=O)c2c1c(O)c1ccccc1c2O. The Hall–Kier alpha value is -2.83. The zero-order chi connectivity index (χ0) is 20.1. The lowest BCUT2D eigenvalue weighted by Gasteiger charge is -2.27. The Morgan fingerprint density at radius 3 is 2.03 bits per heavy atom. The molecular weight excluding hydrogens is 404 g/mol. The van der Waals surface area contributed by atoms with Gasteiger partial charge >= 0.3 is 0 Å². The van der Waals surface area contributed by atoms with Crippen molar-refractivity contribution in [3.05, 3.63) is 58.9 Å². The summed E-state index contributed by atoms with van der Waals surface area (Å²) >= 11 is 0. The fraction of sp³-hybridized carbons (Fsp3) is 0.304. The summed E-state index contributed by atoms with van der Waals surface area (Å²) in [5.41, 5.74) is 0.375. The standard InChI is InChI=1S/C23H22N2O4.ClH/c26-20-14-6-2-3-7-15(14)21(27)18-17(20)22(28)16-8-11-25(19(16)23(18)29)13-12-24-9-4-1-5-10-24;/h2-3,6-8,11,26-27H,1,4-5,9-10,12-13H2;1H. The van der Waals surface area contributed by atoms with Gasteiger partial charge in [0.1, 0.15) is 17.2 Å². The number of likely N-dealkylation sites (tertiary alicyclic amines) is 1. The Morgan fingerprint density at radius 2 is 1.40 bits per heavy atom. The van der Waals surface area contributed by atoms with Crippen LogP contribution in [0.5, 0.6) is 11.5 Å². The molecule has 1 aliphatic heterocycles. The molecule has 0 atom stereocenters. The van der Waals surface area contributed by atoms with Gasteiger partial charge in [-0.05, 0) is 32.0 Å². The van der Waals surface area contributed by atoms with Crippen LogP contribution >= 0.6 is 12.4 Å². The molecule has 5 rings (SSSR count). The predicted molar refractivity (Wildman–Crippen MR) is 116 cm³/mol. The van der Waals surface area contributed by atoms with E-state index in [0.29, 0.717) is 23.0 Å². The fourth-order valence-corrected chi connectivity index (χ4v) is 4.62. The molecule has 0 radical (unpaired) electrons. The summed E-state index contributed by atoms with van der Waals surface area (Å²) in [5, 5.41) is 22.2. The Morgan fingerprint density at radius 1 is 0.800 bits per heavy atom. The topological polar surface area (TPSA) is 82.8 Å². The lowest BCUT2D eigenvalue weighted by Crippen LogP contribution is -2.33. The van der Waals surface area contributed by atoms with E-state index in [1.54, 1.807) is 41.1 Å². The number of halogens is 1. The molecule has 1 aromatic heterocycles. The van der Waals surface area contributed by atoms with Crippen molar-refractivity contribution in [2.75, 3.05) is 19.6 Å². The van der Waals surface area contributed by atoms with E-state index >= 15 is 0 Å². The first-order chi connectivity index (χ1) is 14.1. The van der Waals surface area contributed by atoms with Crippen molar-refractivity contribution in [3.63, 3.8) is 0 Å². The highest BCUT2D eigenvalue weighted by Gasteiger charge is 2.38. The molecule has 156 valence electrons. The van der Waals surface area contributed by atoms with E-state index in [1.165, 1.54) is 19.3 Å². The van der Waals surface area contributed by atoms with E-state index in [4.69, 9.17) is 0 Å². The van der Waals surface area contributed by atoms with E-state index < -0.39 is 11.6 Å². The molecule has 7 heteroatoms. The molecule has 0 saturated carbocycles. The van der Waals surface area contributed by atoms with Crippen LogP contribution in [0.25, 0.3) is 10.8 Å². The van der Waals surface area contributed by atoms with Gasteiger partial charge in [-0.3, -0.25) is 9.59 Å². The lowest BCUT2D eigenvalue weighted by molar-refractivity contribution is 0.0968. The van der Waals surface area contributed by atoms with Crippen LogP contribution in [-0.2, 0) is 6.54 Å². The molecule has 6 nitrogen and oxygen atoms in total. The highest BCUT2D eigenvalue weighted by Crippen LogP contribution is 2.44. The minimum absolute atomic E-state index is 0. The number of nitrogens with zero attached hydrogens (tertiary/aromatic N) is 2. The van der Waals surface area contributed by atoms with Gasteiger partial charge in [0.15, 0.2) is 5.78 Å². The number of piperidine rings is 1. The minimum Gasteiger partial charge on any atom is -0.506 e. The number of hydrogen-bond acceptors (Lipinski definition) is 5. The molecule has 2 aromatic carbocycles. The van der Waals surface area contributed by atoms with Crippen molar-refractivity contribution in [1.29, 1.82) is 0 Å². The normalized spacial score (nSPS) is 16.3. The lowest BCUT2D eigenvalue weighted by atomic mass is 9.84. The predicted octanol–water partition coefficient (Wildman–Crippen LogP) is 3.74. The number of aromatic hydroxyl groups is 2. The van der Waals surface area contributed by atoms with Crippen LogP contribution in [0.15, 0.2) is 36.5 Å². The maximum atomic E-state index is 13.3. The number of phenolic OH excluding ortho intramolecular Hbond substituents is 2. The first-order valence-electron chi connectivity index (χ1n) is 10.1. The quantitative estimate of drug-likeness (QED) is 0.488. The van der Waals surface area contributed by atoms with E-state index in [1.807, 2.05) is 0 Å². The first-order valence-corrected chi connectivity index (χ1v) is 10.1. The average Bonchev–Trinajstić information content (AvgIpc) is 3.18. The van der Waals surface area contributed by atoms with E-state index in [2.05, 4.69) is 4.90 Å². The third-order valence-corrected chi connectivity index (χ3v) is 6.14. The summed E-state index contributed by atoms with van der Waals surface area (Å²) in [7, 11) is 0. The smallest absolute Gasteiger partial charge is 0.214 e. The van der Waals surface area contributed by atoms with Crippen molar-refractivity contribution in [1.82, 2.24) is 9.47 Å². The average molecular weight is 427 g/mol. The van der Waals surface area contributed by atoms with Crippen molar-refractivity contribution in [3.8, 4) is 11.5 Å². The molecule has 0 amide bonds. The van der Waals surface area contributed by atoms with Crippen LogP contribution in [-0.4, -0.2) is 50.9 Å². The molecular formula is C23H23ClN2O4. The number of hydrogen-bond donors (Lipinski definition) is 2. The molecule has 1 fully saturated rings. The van der Waals surface area contributed by atoms with Gasteiger partial charge in [-0.1, -0.05) is 30.7 Å². The van der Waals surface area contributed by atoms with Gasteiger partial charge in [0, 0.05) is 30.1 Å². The minimum atomic E-state index is -0.426. The maximum absolute atomic E-state index is 13.3. The summed E-state index contributed by atoms with van der Waals surface area (Å²) < 4.78 is 1.80. The molecule has 3 aromatic rings. The number of phenols is 2. The van der Waals surface area contributed by atoms with Gasteiger partial charge in [0.2, 0.25) is 5.78 Å². The van der Waals surface area contributed by atoms with Crippen LogP contribution in [0.2, 0.25) is 0 Å². The molecule has 2 aliphatic rings.